The monoisotopic (exact) mass is 325 g/mol. The summed E-state index contributed by atoms with van der Waals surface area (Å²) >= 11 is 3.21. The molecular formula is C13H9BrFNO3. The number of hydrogen-bond donors (Lipinski definition) is 0. The van der Waals surface area contributed by atoms with Crippen molar-refractivity contribution in [1.82, 2.24) is 0 Å². The topological polar surface area (TPSA) is 52.4 Å². The van der Waals surface area contributed by atoms with Crippen LogP contribution in [0.25, 0.3) is 0 Å². The smallest absolute Gasteiger partial charge is 0.314 e. The lowest BCUT2D eigenvalue weighted by Gasteiger charge is -2.09. The fraction of sp³-hybridized carbons (Fsp3) is 0.0769. The van der Waals surface area contributed by atoms with Gasteiger partial charge in [0.15, 0.2) is 0 Å². The molecule has 4 nitrogen and oxygen atoms in total. The van der Waals surface area contributed by atoms with Crippen LogP contribution in [-0.4, -0.2) is 4.92 Å². The zero-order valence-electron chi connectivity index (χ0n) is 9.89. The zero-order valence-corrected chi connectivity index (χ0v) is 11.5. The van der Waals surface area contributed by atoms with Crippen molar-refractivity contribution in [2.75, 3.05) is 0 Å². The molecule has 98 valence electrons. The van der Waals surface area contributed by atoms with E-state index in [9.17, 15) is 14.5 Å². The van der Waals surface area contributed by atoms with Gasteiger partial charge < -0.3 is 4.74 Å². The predicted octanol–water partition coefficient (Wildman–Crippen LogP) is 4.60. The van der Waals surface area contributed by atoms with Crippen LogP contribution in [0.15, 0.2) is 40.9 Å². The van der Waals surface area contributed by atoms with Gasteiger partial charge in [0.05, 0.1) is 9.40 Å². The highest BCUT2D eigenvalue weighted by Crippen LogP contribution is 2.36. The second-order valence-electron chi connectivity index (χ2n) is 3.86. The van der Waals surface area contributed by atoms with Crippen molar-refractivity contribution >= 4 is 21.6 Å². The van der Waals surface area contributed by atoms with E-state index in [2.05, 4.69) is 15.9 Å². The van der Waals surface area contributed by atoms with Gasteiger partial charge in [-0.1, -0.05) is 12.1 Å². The standard InChI is InChI=1S/C13H9BrFNO3/c1-8-3-2-4-11(13(8)16(17)18)19-12-7-9(15)5-6-10(12)14/h2-7H,1H3. The van der Waals surface area contributed by atoms with Crippen LogP contribution >= 0.6 is 15.9 Å². The van der Waals surface area contributed by atoms with Crippen LogP contribution in [0.2, 0.25) is 0 Å². The van der Waals surface area contributed by atoms with Crippen molar-refractivity contribution in [3.8, 4) is 11.5 Å². The van der Waals surface area contributed by atoms with E-state index in [1.165, 1.54) is 18.2 Å². The Morgan fingerprint density at radius 1 is 1.26 bits per heavy atom. The van der Waals surface area contributed by atoms with E-state index < -0.39 is 10.7 Å². The molecule has 0 unspecified atom stereocenters. The van der Waals surface area contributed by atoms with E-state index in [-0.39, 0.29) is 17.2 Å². The lowest BCUT2D eigenvalue weighted by molar-refractivity contribution is -0.386. The van der Waals surface area contributed by atoms with Gasteiger partial charge in [0.1, 0.15) is 11.6 Å². The number of para-hydroxylation sites is 1. The normalized spacial score (nSPS) is 10.3. The summed E-state index contributed by atoms with van der Waals surface area (Å²) in [5.41, 5.74) is 0.355. The molecule has 2 aromatic carbocycles. The first-order valence-electron chi connectivity index (χ1n) is 5.36. The van der Waals surface area contributed by atoms with Crippen molar-refractivity contribution in [2.24, 2.45) is 0 Å². The minimum atomic E-state index is -0.516. The van der Waals surface area contributed by atoms with Crippen LogP contribution in [0.1, 0.15) is 5.56 Å². The molecule has 0 bridgehead atoms. The summed E-state index contributed by atoms with van der Waals surface area (Å²) in [6.45, 7) is 1.62. The Bertz CT molecular complexity index is 646. The molecule has 0 fully saturated rings. The van der Waals surface area contributed by atoms with Crippen molar-refractivity contribution in [3.05, 3.63) is 62.4 Å². The van der Waals surface area contributed by atoms with Crippen LogP contribution in [0.3, 0.4) is 0 Å². The largest absolute Gasteiger partial charge is 0.449 e. The fourth-order valence-electron chi connectivity index (χ4n) is 1.62. The molecule has 0 amide bonds. The minimum Gasteiger partial charge on any atom is -0.449 e. The predicted molar refractivity (Wildman–Crippen MR) is 72.0 cm³/mol. The molecule has 0 spiro atoms. The maximum atomic E-state index is 13.2. The molecule has 0 atom stereocenters. The molecule has 0 radical (unpaired) electrons. The van der Waals surface area contributed by atoms with E-state index in [4.69, 9.17) is 4.74 Å². The van der Waals surface area contributed by atoms with Crippen molar-refractivity contribution in [1.29, 1.82) is 0 Å². The number of nitro benzene ring substituents is 1. The van der Waals surface area contributed by atoms with Crippen molar-refractivity contribution < 1.29 is 14.1 Å². The molecule has 2 aromatic rings. The highest BCUT2D eigenvalue weighted by Gasteiger charge is 2.19. The van der Waals surface area contributed by atoms with E-state index in [0.29, 0.717) is 10.0 Å². The summed E-state index contributed by atoms with van der Waals surface area (Å²) in [6, 6.07) is 8.64. The highest BCUT2D eigenvalue weighted by molar-refractivity contribution is 9.10. The lowest BCUT2D eigenvalue weighted by Crippen LogP contribution is -1.96. The van der Waals surface area contributed by atoms with Crippen LogP contribution in [0.4, 0.5) is 10.1 Å². The van der Waals surface area contributed by atoms with Gasteiger partial charge in [-0.2, -0.15) is 0 Å². The molecule has 0 aliphatic rings. The number of nitrogens with zero attached hydrogens (tertiary/aromatic N) is 1. The maximum Gasteiger partial charge on any atom is 0.314 e. The second-order valence-corrected chi connectivity index (χ2v) is 4.71. The average molecular weight is 326 g/mol. The summed E-state index contributed by atoms with van der Waals surface area (Å²) in [7, 11) is 0. The minimum absolute atomic E-state index is 0.0799. The first-order chi connectivity index (χ1) is 8.99. The highest BCUT2D eigenvalue weighted by atomic mass is 79.9. The van der Waals surface area contributed by atoms with E-state index >= 15 is 0 Å². The summed E-state index contributed by atoms with van der Waals surface area (Å²) < 4.78 is 19.1. The summed E-state index contributed by atoms with van der Waals surface area (Å²) in [4.78, 5) is 10.5. The first kappa shape index (κ1) is 13.5. The van der Waals surface area contributed by atoms with Crippen molar-refractivity contribution in [3.63, 3.8) is 0 Å². The number of halogens is 2. The third kappa shape index (κ3) is 2.90. The summed E-state index contributed by atoms with van der Waals surface area (Å²) in [5, 5.41) is 11.0. The van der Waals surface area contributed by atoms with Crippen LogP contribution < -0.4 is 4.74 Å². The van der Waals surface area contributed by atoms with Gasteiger partial charge in [-0.3, -0.25) is 10.1 Å². The molecule has 19 heavy (non-hydrogen) atoms. The Hall–Kier alpha value is -1.95. The second kappa shape index (κ2) is 5.36. The molecule has 0 aromatic heterocycles. The Kier molecular flexibility index (Phi) is 3.80. The molecule has 0 saturated heterocycles. The molecule has 0 heterocycles. The summed E-state index contributed by atoms with van der Waals surface area (Å²) in [6.07, 6.45) is 0. The SMILES string of the molecule is Cc1cccc(Oc2cc(F)ccc2Br)c1[N+](=O)[O-]. The van der Waals surface area contributed by atoms with Crippen LogP contribution in [-0.2, 0) is 0 Å². The number of benzene rings is 2. The average Bonchev–Trinajstić information content (AvgIpc) is 2.33. The van der Waals surface area contributed by atoms with Gasteiger partial charge in [-0.05, 0) is 41.1 Å². The lowest BCUT2D eigenvalue weighted by atomic mass is 10.2. The number of aryl methyl sites for hydroxylation is 1. The van der Waals surface area contributed by atoms with Gasteiger partial charge in [0, 0.05) is 11.6 Å². The fourth-order valence-corrected chi connectivity index (χ4v) is 1.95. The third-order valence-corrected chi connectivity index (χ3v) is 3.15. The van der Waals surface area contributed by atoms with Crippen LogP contribution in [0, 0.1) is 22.9 Å². The Morgan fingerprint density at radius 2 is 2.00 bits per heavy atom. The molecule has 0 N–H and O–H groups in total. The van der Waals surface area contributed by atoms with Gasteiger partial charge in [-0.25, -0.2) is 4.39 Å². The van der Waals surface area contributed by atoms with Gasteiger partial charge in [0.25, 0.3) is 0 Å². The van der Waals surface area contributed by atoms with E-state index in [0.717, 1.165) is 6.07 Å². The molecule has 6 heteroatoms. The molecule has 2 rings (SSSR count). The third-order valence-electron chi connectivity index (χ3n) is 2.50. The maximum absolute atomic E-state index is 13.2. The van der Waals surface area contributed by atoms with Gasteiger partial charge in [-0.15, -0.1) is 0 Å². The molecule has 0 aliphatic heterocycles. The zero-order chi connectivity index (χ0) is 14.0. The Morgan fingerprint density at radius 3 is 2.68 bits per heavy atom. The van der Waals surface area contributed by atoms with Crippen molar-refractivity contribution in [2.45, 2.75) is 6.92 Å². The quantitative estimate of drug-likeness (QED) is 0.612. The molecular weight excluding hydrogens is 317 g/mol. The number of hydrogen-bond acceptors (Lipinski definition) is 3. The number of nitro groups is 1. The van der Waals surface area contributed by atoms with E-state index in [1.54, 1.807) is 19.1 Å². The van der Waals surface area contributed by atoms with Crippen LogP contribution in [0.5, 0.6) is 11.5 Å². The number of rotatable bonds is 3. The first-order valence-corrected chi connectivity index (χ1v) is 6.15. The molecule has 0 saturated carbocycles. The van der Waals surface area contributed by atoms with Gasteiger partial charge >= 0.3 is 5.69 Å². The Balaban J connectivity index is 2.46. The summed E-state index contributed by atoms with van der Waals surface area (Å²) in [5.74, 6) is -0.210. The van der Waals surface area contributed by atoms with E-state index in [1.807, 2.05) is 0 Å². The van der Waals surface area contributed by atoms with Gasteiger partial charge in [0.2, 0.25) is 5.75 Å². The number of ether oxygens (including phenoxy) is 1. The molecule has 0 aliphatic carbocycles. The Labute approximate surface area is 117 Å².